The van der Waals surface area contributed by atoms with Crippen LogP contribution in [0.25, 0.3) is 0 Å². The molecule has 1 saturated heterocycles. The Hall–Kier alpha value is -2.98. The molecule has 1 heterocycles. The molecular formula is C17H25N3O8. The van der Waals surface area contributed by atoms with Crippen LogP contribution < -0.4 is 11.2 Å². The second-order valence-corrected chi connectivity index (χ2v) is 6.77. The standard InChI is InChI=1S/C17H25N3O8/c1-6-26-12(22)11(10(3)19-20-15(18)25)17(8-7-9(2)21)13(23)27-16(4,5)28-14(17)24/h11H,6-8H2,1-5H3,(H3,18,20,25)/b19-10+. The highest BCUT2D eigenvalue weighted by molar-refractivity contribution is 6.14. The van der Waals surface area contributed by atoms with Crippen molar-refractivity contribution in [3.05, 3.63) is 0 Å². The molecule has 11 nitrogen and oxygen atoms in total. The van der Waals surface area contributed by atoms with Gasteiger partial charge in [0.15, 0.2) is 5.41 Å². The number of nitrogens with zero attached hydrogens (tertiary/aromatic N) is 1. The minimum absolute atomic E-state index is 0.0514. The van der Waals surface area contributed by atoms with E-state index in [4.69, 9.17) is 19.9 Å². The first-order chi connectivity index (χ1) is 12.9. The highest BCUT2D eigenvalue weighted by atomic mass is 16.7. The van der Waals surface area contributed by atoms with Gasteiger partial charge >= 0.3 is 23.9 Å². The van der Waals surface area contributed by atoms with Crippen LogP contribution in [0.1, 0.15) is 47.5 Å². The SMILES string of the molecule is CCOC(=O)C(/C(C)=N/NC(N)=O)C1(CCC(C)=O)C(=O)OC(C)(C)OC1=O. The lowest BCUT2D eigenvalue weighted by Gasteiger charge is -2.42. The van der Waals surface area contributed by atoms with E-state index in [1.165, 1.54) is 34.6 Å². The van der Waals surface area contributed by atoms with Crippen LogP contribution in [0.4, 0.5) is 4.79 Å². The third-order valence-electron chi connectivity index (χ3n) is 4.05. The normalized spacial score (nSPS) is 19.1. The summed E-state index contributed by atoms with van der Waals surface area (Å²) in [4.78, 5) is 61.1. The van der Waals surface area contributed by atoms with E-state index >= 15 is 0 Å². The molecule has 11 heteroatoms. The summed E-state index contributed by atoms with van der Waals surface area (Å²) in [6.07, 6.45) is -0.583. The molecule has 28 heavy (non-hydrogen) atoms. The van der Waals surface area contributed by atoms with Crippen molar-refractivity contribution in [1.29, 1.82) is 0 Å². The molecule has 2 amide bonds. The fraction of sp³-hybridized carbons (Fsp3) is 0.647. The molecule has 3 N–H and O–H groups in total. The van der Waals surface area contributed by atoms with Crippen molar-refractivity contribution in [2.24, 2.45) is 22.2 Å². The number of carbonyl (C=O) groups excluding carboxylic acids is 5. The van der Waals surface area contributed by atoms with Crippen molar-refractivity contribution >= 4 is 35.4 Å². The summed E-state index contributed by atoms with van der Waals surface area (Å²) in [6.45, 7) is 6.76. The van der Waals surface area contributed by atoms with Gasteiger partial charge in [0.25, 0.3) is 5.79 Å². The average molecular weight is 399 g/mol. The fourth-order valence-electron chi connectivity index (χ4n) is 2.85. The molecular weight excluding hydrogens is 374 g/mol. The number of ketones is 1. The Morgan fingerprint density at radius 3 is 2.14 bits per heavy atom. The van der Waals surface area contributed by atoms with Gasteiger partial charge in [0.1, 0.15) is 11.7 Å². The summed E-state index contributed by atoms with van der Waals surface area (Å²) in [7, 11) is 0. The van der Waals surface area contributed by atoms with E-state index in [0.29, 0.717) is 0 Å². The zero-order valence-electron chi connectivity index (χ0n) is 16.5. The molecule has 1 fully saturated rings. The van der Waals surface area contributed by atoms with Crippen LogP contribution in [-0.2, 0) is 33.4 Å². The minimum atomic E-state index is -2.21. The molecule has 1 unspecified atom stereocenters. The van der Waals surface area contributed by atoms with Crippen molar-refractivity contribution in [1.82, 2.24) is 5.43 Å². The van der Waals surface area contributed by atoms with Crippen LogP contribution in [0.5, 0.6) is 0 Å². The number of primary amides is 1. The smallest absolute Gasteiger partial charge is 0.332 e. The molecule has 1 aliphatic rings. The lowest BCUT2D eigenvalue weighted by Crippen LogP contribution is -2.60. The summed E-state index contributed by atoms with van der Waals surface area (Å²) in [6, 6.07) is -1.02. The molecule has 156 valence electrons. The predicted octanol–water partition coefficient (Wildman–Crippen LogP) is 0.402. The molecule has 1 aliphatic heterocycles. The third-order valence-corrected chi connectivity index (χ3v) is 4.05. The number of cyclic esters (lactones) is 2. The topological polar surface area (TPSA) is 163 Å². The van der Waals surface area contributed by atoms with Crippen LogP contribution in [0, 0.1) is 11.3 Å². The minimum Gasteiger partial charge on any atom is -0.465 e. The van der Waals surface area contributed by atoms with Gasteiger partial charge in [0, 0.05) is 20.3 Å². The maximum Gasteiger partial charge on any atom is 0.332 e. The van der Waals surface area contributed by atoms with E-state index in [1.807, 2.05) is 5.43 Å². The van der Waals surface area contributed by atoms with Gasteiger partial charge in [-0.2, -0.15) is 5.10 Å². The summed E-state index contributed by atoms with van der Waals surface area (Å²) >= 11 is 0. The van der Waals surface area contributed by atoms with E-state index < -0.39 is 41.1 Å². The van der Waals surface area contributed by atoms with E-state index in [0.717, 1.165) is 0 Å². The maximum absolute atomic E-state index is 12.9. The molecule has 0 aromatic heterocycles. The number of hydrogen-bond donors (Lipinski definition) is 2. The largest absolute Gasteiger partial charge is 0.465 e. The Morgan fingerprint density at radius 1 is 1.18 bits per heavy atom. The van der Waals surface area contributed by atoms with Crippen LogP contribution in [0.3, 0.4) is 0 Å². The Morgan fingerprint density at radius 2 is 1.71 bits per heavy atom. The average Bonchev–Trinajstić information content (AvgIpc) is 2.54. The lowest BCUT2D eigenvalue weighted by atomic mass is 9.69. The van der Waals surface area contributed by atoms with Crippen LogP contribution >= 0.6 is 0 Å². The molecule has 0 aliphatic carbocycles. The second kappa shape index (κ2) is 8.81. The lowest BCUT2D eigenvalue weighted by molar-refractivity contribution is -0.255. The van der Waals surface area contributed by atoms with Crippen molar-refractivity contribution in [2.45, 2.75) is 53.2 Å². The summed E-state index contributed by atoms with van der Waals surface area (Å²) in [5.41, 5.74) is 4.56. The van der Waals surface area contributed by atoms with Gasteiger partial charge in [-0.15, -0.1) is 0 Å². The fourth-order valence-corrected chi connectivity index (χ4v) is 2.85. The summed E-state index contributed by atoms with van der Waals surface area (Å²) in [5.74, 6) is -6.55. The Labute approximate surface area is 161 Å². The van der Waals surface area contributed by atoms with E-state index in [2.05, 4.69) is 5.10 Å². The molecule has 0 aromatic carbocycles. The Bertz CT molecular complexity index is 693. The molecule has 0 bridgehead atoms. The molecule has 0 saturated carbocycles. The number of hydrazone groups is 1. The number of amides is 2. The number of nitrogens with two attached hydrogens (primary N) is 1. The molecule has 0 radical (unpaired) electrons. The maximum atomic E-state index is 12.9. The summed E-state index contributed by atoms with van der Waals surface area (Å²) in [5, 5.41) is 3.67. The summed E-state index contributed by atoms with van der Waals surface area (Å²) < 4.78 is 15.4. The number of Topliss-reactive ketones (excluding diaryl/α,β-unsaturated/α-hetero) is 1. The number of nitrogens with one attached hydrogen (secondary N) is 1. The zero-order chi connectivity index (χ0) is 21.7. The first-order valence-electron chi connectivity index (χ1n) is 8.60. The first-order valence-corrected chi connectivity index (χ1v) is 8.60. The number of urea groups is 1. The second-order valence-electron chi connectivity index (χ2n) is 6.77. The van der Waals surface area contributed by atoms with Crippen molar-refractivity contribution in [3.8, 4) is 0 Å². The van der Waals surface area contributed by atoms with Crippen molar-refractivity contribution in [3.63, 3.8) is 0 Å². The van der Waals surface area contributed by atoms with Gasteiger partial charge in [-0.3, -0.25) is 14.4 Å². The molecule has 0 spiro atoms. The van der Waals surface area contributed by atoms with Gasteiger partial charge in [-0.05, 0) is 27.2 Å². The number of hydrogen-bond acceptors (Lipinski definition) is 9. The van der Waals surface area contributed by atoms with E-state index in [9.17, 15) is 24.0 Å². The van der Waals surface area contributed by atoms with Crippen LogP contribution in [0.2, 0.25) is 0 Å². The highest BCUT2D eigenvalue weighted by Crippen LogP contribution is 2.43. The van der Waals surface area contributed by atoms with Gasteiger partial charge in [0.2, 0.25) is 0 Å². The first kappa shape index (κ1) is 23.1. The quantitative estimate of drug-likeness (QED) is 0.256. The van der Waals surface area contributed by atoms with E-state index in [-0.39, 0.29) is 30.9 Å². The van der Waals surface area contributed by atoms with Gasteiger partial charge in [-0.1, -0.05) is 0 Å². The number of rotatable bonds is 8. The molecule has 1 rings (SSSR count). The predicted molar refractivity (Wildman–Crippen MR) is 94.6 cm³/mol. The third kappa shape index (κ3) is 5.05. The van der Waals surface area contributed by atoms with E-state index in [1.54, 1.807) is 0 Å². The van der Waals surface area contributed by atoms with Crippen LogP contribution in [0.15, 0.2) is 5.10 Å². The van der Waals surface area contributed by atoms with Gasteiger partial charge in [-0.25, -0.2) is 10.2 Å². The Kier molecular flexibility index (Phi) is 7.25. The number of carbonyl (C=O) groups is 5. The van der Waals surface area contributed by atoms with Crippen LogP contribution in [-0.4, -0.2) is 47.8 Å². The highest BCUT2D eigenvalue weighted by Gasteiger charge is 2.63. The molecule has 0 aromatic rings. The van der Waals surface area contributed by atoms with Crippen molar-refractivity contribution < 1.29 is 38.2 Å². The Balaban J connectivity index is 3.58. The molecule has 1 atom stereocenters. The number of ether oxygens (including phenoxy) is 3. The van der Waals surface area contributed by atoms with Gasteiger partial charge in [0.05, 0.1) is 12.3 Å². The zero-order valence-corrected chi connectivity index (χ0v) is 16.5. The number of esters is 3. The van der Waals surface area contributed by atoms with Crippen molar-refractivity contribution in [2.75, 3.05) is 6.61 Å². The monoisotopic (exact) mass is 399 g/mol. The van der Waals surface area contributed by atoms with Gasteiger partial charge < -0.3 is 24.7 Å².